The number of hydrogen-bond donors (Lipinski definition) is 2. The number of aryl methyl sites for hydroxylation is 1. The van der Waals surface area contributed by atoms with Crippen molar-refractivity contribution in [2.24, 2.45) is 5.92 Å². The minimum absolute atomic E-state index is 0.319. The molecule has 110 valence electrons. The Balaban J connectivity index is 1.76. The summed E-state index contributed by atoms with van der Waals surface area (Å²) in [5.41, 5.74) is 2.85. The van der Waals surface area contributed by atoms with Crippen molar-refractivity contribution in [2.45, 2.75) is 50.6 Å². The van der Waals surface area contributed by atoms with Gasteiger partial charge in [0.1, 0.15) is 5.75 Å². The monoisotopic (exact) mass is 275 g/mol. The molecule has 2 aliphatic carbocycles. The van der Waals surface area contributed by atoms with Gasteiger partial charge in [-0.25, -0.2) is 0 Å². The number of methoxy groups -OCH3 is 1. The number of nitrogens with one attached hydrogen (secondary N) is 1. The molecular weight excluding hydrogens is 250 g/mol. The number of aliphatic hydroxyl groups is 1. The Kier molecular flexibility index (Phi) is 4.27. The Morgan fingerprint density at radius 2 is 2.15 bits per heavy atom. The maximum Gasteiger partial charge on any atom is 0.119 e. The van der Waals surface area contributed by atoms with Crippen molar-refractivity contribution < 1.29 is 9.84 Å². The second-order valence-electron chi connectivity index (χ2n) is 6.16. The predicted octanol–water partition coefficient (Wildman–Crippen LogP) is 2.82. The zero-order chi connectivity index (χ0) is 13.9. The molecule has 0 aliphatic heterocycles. The third-order valence-corrected chi connectivity index (χ3v) is 4.97. The first-order valence-electron chi connectivity index (χ1n) is 7.85. The van der Waals surface area contributed by atoms with Gasteiger partial charge >= 0.3 is 0 Å². The molecular formula is C17H25NO2. The number of hydrogen-bond acceptors (Lipinski definition) is 3. The van der Waals surface area contributed by atoms with Gasteiger partial charge in [-0.1, -0.05) is 12.5 Å². The third kappa shape index (κ3) is 2.70. The van der Waals surface area contributed by atoms with Crippen LogP contribution in [0.4, 0.5) is 0 Å². The third-order valence-electron chi connectivity index (χ3n) is 4.97. The van der Waals surface area contributed by atoms with Gasteiger partial charge in [-0.05, 0) is 61.3 Å². The lowest BCUT2D eigenvalue weighted by Gasteiger charge is -2.31. The zero-order valence-electron chi connectivity index (χ0n) is 12.3. The van der Waals surface area contributed by atoms with Crippen molar-refractivity contribution in [3.63, 3.8) is 0 Å². The second-order valence-corrected chi connectivity index (χ2v) is 6.16. The molecule has 3 atom stereocenters. The van der Waals surface area contributed by atoms with E-state index >= 15 is 0 Å². The maximum atomic E-state index is 9.47. The fourth-order valence-corrected chi connectivity index (χ4v) is 3.82. The van der Waals surface area contributed by atoms with Crippen LogP contribution in [0.1, 0.15) is 49.3 Å². The Morgan fingerprint density at radius 3 is 2.95 bits per heavy atom. The summed E-state index contributed by atoms with van der Waals surface area (Å²) >= 11 is 0. The first kappa shape index (κ1) is 13.9. The fraction of sp³-hybridized carbons (Fsp3) is 0.647. The van der Waals surface area contributed by atoms with Crippen LogP contribution in [0.5, 0.6) is 5.75 Å². The van der Waals surface area contributed by atoms with E-state index < -0.39 is 0 Å². The van der Waals surface area contributed by atoms with Crippen LogP contribution in [-0.2, 0) is 6.42 Å². The highest BCUT2D eigenvalue weighted by Crippen LogP contribution is 2.35. The van der Waals surface area contributed by atoms with Gasteiger partial charge in [0, 0.05) is 18.7 Å². The average Bonchev–Trinajstić information content (AvgIpc) is 2.94. The molecule has 3 heteroatoms. The molecule has 1 aromatic carbocycles. The molecule has 0 bridgehead atoms. The molecule has 0 spiro atoms. The van der Waals surface area contributed by atoms with Crippen molar-refractivity contribution in [1.29, 1.82) is 0 Å². The maximum absolute atomic E-state index is 9.47. The largest absolute Gasteiger partial charge is 0.497 e. The van der Waals surface area contributed by atoms with Gasteiger partial charge in [0.05, 0.1) is 7.11 Å². The molecule has 20 heavy (non-hydrogen) atoms. The van der Waals surface area contributed by atoms with Crippen molar-refractivity contribution >= 4 is 0 Å². The van der Waals surface area contributed by atoms with Crippen LogP contribution in [0.3, 0.4) is 0 Å². The summed E-state index contributed by atoms with van der Waals surface area (Å²) in [6, 6.07) is 7.39. The smallest absolute Gasteiger partial charge is 0.119 e. The molecule has 0 aromatic heterocycles. The summed E-state index contributed by atoms with van der Waals surface area (Å²) in [5.74, 6) is 1.40. The van der Waals surface area contributed by atoms with Crippen molar-refractivity contribution in [2.75, 3.05) is 13.7 Å². The van der Waals surface area contributed by atoms with E-state index in [1.54, 1.807) is 7.11 Å². The number of rotatable bonds is 4. The summed E-state index contributed by atoms with van der Waals surface area (Å²) < 4.78 is 5.33. The normalized spacial score (nSPS) is 29.2. The Hall–Kier alpha value is -1.06. The number of ether oxygens (including phenoxy) is 1. The van der Waals surface area contributed by atoms with E-state index in [0.717, 1.165) is 18.6 Å². The summed E-state index contributed by atoms with van der Waals surface area (Å²) in [4.78, 5) is 0. The Morgan fingerprint density at radius 1 is 1.25 bits per heavy atom. The Labute approximate surface area is 121 Å². The molecule has 1 saturated carbocycles. The van der Waals surface area contributed by atoms with Crippen LogP contribution in [-0.4, -0.2) is 24.9 Å². The lowest BCUT2D eigenvalue weighted by molar-refractivity contribution is 0.197. The molecule has 0 radical (unpaired) electrons. The molecule has 2 N–H and O–H groups in total. The van der Waals surface area contributed by atoms with Gasteiger partial charge in [0.15, 0.2) is 0 Å². The van der Waals surface area contributed by atoms with Gasteiger partial charge < -0.3 is 15.2 Å². The average molecular weight is 275 g/mol. The van der Waals surface area contributed by atoms with Crippen molar-refractivity contribution in [3.8, 4) is 5.75 Å². The van der Waals surface area contributed by atoms with E-state index in [1.807, 2.05) is 0 Å². The van der Waals surface area contributed by atoms with E-state index in [9.17, 15) is 5.11 Å². The minimum atomic E-state index is 0.319. The Bertz CT molecular complexity index is 460. The SMILES string of the molecule is COc1ccc2c(c1)CCCC2NC1CCCC1CO. The van der Waals surface area contributed by atoms with Gasteiger partial charge in [-0.3, -0.25) is 0 Å². The van der Waals surface area contributed by atoms with Crippen molar-refractivity contribution in [3.05, 3.63) is 29.3 Å². The molecule has 0 saturated heterocycles. The summed E-state index contributed by atoms with van der Waals surface area (Å²) in [7, 11) is 1.73. The molecule has 0 amide bonds. The van der Waals surface area contributed by atoms with E-state index in [-0.39, 0.29) is 0 Å². The van der Waals surface area contributed by atoms with Gasteiger partial charge in [0.2, 0.25) is 0 Å². The summed E-state index contributed by atoms with van der Waals surface area (Å²) in [6.07, 6.45) is 7.19. The van der Waals surface area contributed by atoms with E-state index in [0.29, 0.717) is 24.6 Å². The molecule has 1 fully saturated rings. The van der Waals surface area contributed by atoms with Gasteiger partial charge in [-0.15, -0.1) is 0 Å². The van der Waals surface area contributed by atoms with Crippen LogP contribution in [0.15, 0.2) is 18.2 Å². The van der Waals surface area contributed by atoms with Gasteiger partial charge in [0.25, 0.3) is 0 Å². The summed E-state index contributed by atoms with van der Waals surface area (Å²) in [6.45, 7) is 0.319. The first-order valence-corrected chi connectivity index (χ1v) is 7.85. The predicted molar refractivity (Wildman–Crippen MR) is 80.0 cm³/mol. The molecule has 3 rings (SSSR count). The highest BCUT2D eigenvalue weighted by Gasteiger charge is 2.30. The standard InChI is InChI=1S/C17H25NO2/c1-20-14-8-9-15-12(10-14)4-2-7-17(15)18-16-6-3-5-13(16)11-19/h8-10,13,16-19H,2-7,11H2,1H3. The summed E-state index contributed by atoms with van der Waals surface area (Å²) in [5, 5.41) is 13.3. The van der Waals surface area contributed by atoms with Crippen LogP contribution in [0.2, 0.25) is 0 Å². The molecule has 2 aliphatic rings. The second kappa shape index (κ2) is 6.15. The van der Waals surface area contributed by atoms with Crippen LogP contribution >= 0.6 is 0 Å². The first-order chi connectivity index (χ1) is 9.81. The highest BCUT2D eigenvalue weighted by molar-refractivity contribution is 5.39. The van der Waals surface area contributed by atoms with E-state index in [1.165, 1.54) is 36.8 Å². The molecule has 0 heterocycles. The van der Waals surface area contributed by atoms with E-state index in [4.69, 9.17) is 4.74 Å². The highest BCUT2D eigenvalue weighted by atomic mass is 16.5. The number of aliphatic hydroxyl groups excluding tert-OH is 1. The molecule has 1 aromatic rings. The van der Waals surface area contributed by atoms with Crippen LogP contribution in [0, 0.1) is 5.92 Å². The molecule has 3 nitrogen and oxygen atoms in total. The molecule has 3 unspecified atom stereocenters. The fourth-order valence-electron chi connectivity index (χ4n) is 3.82. The lowest BCUT2D eigenvalue weighted by atomic mass is 9.86. The quantitative estimate of drug-likeness (QED) is 0.888. The van der Waals surface area contributed by atoms with Crippen LogP contribution < -0.4 is 10.1 Å². The zero-order valence-corrected chi connectivity index (χ0v) is 12.3. The number of benzene rings is 1. The van der Waals surface area contributed by atoms with Crippen molar-refractivity contribution in [1.82, 2.24) is 5.32 Å². The van der Waals surface area contributed by atoms with Crippen LogP contribution in [0.25, 0.3) is 0 Å². The van der Waals surface area contributed by atoms with Gasteiger partial charge in [-0.2, -0.15) is 0 Å². The topological polar surface area (TPSA) is 41.5 Å². The van der Waals surface area contributed by atoms with E-state index in [2.05, 4.69) is 23.5 Å². The number of fused-ring (bicyclic) bond motifs is 1. The lowest BCUT2D eigenvalue weighted by Crippen LogP contribution is -2.38. The minimum Gasteiger partial charge on any atom is -0.497 e.